The summed E-state index contributed by atoms with van der Waals surface area (Å²) in [6.07, 6.45) is 1.29. The van der Waals surface area contributed by atoms with E-state index < -0.39 is 17.8 Å². The second kappa shape index (κ2) is 11.4. The first-order chi connectivity index (χ1) is 19.6. The summed E-state index contributed by atoms with van der Waals surface area (Å²) in [7, 11) is 0. The number of hydrogen-bond acceptors (Lipinski definition) is 8. The van der Waals surface area contributed by atoms with Crippen LogP contribution in [0.4, 0.5) is 24.7 Å². The van der Waals surface area contributed by atoms with Crippen LogP contribution in [0.1, 0.15) is 22.5 Å². The fourth-order valence-corrected chi connectivity index (χ4v) is 4.67. The Morgan fingerprint density at radius 1 is 1.27 bits per heavy atom. The van der Waals surface area contributed by atoms with Crippen molar-refractivity contribution in [2.24, 2.45) is 0 Å². The number of anilines is 2. The highest BCUT2D eigenvalue weighted by atomic mass is 35.5. The van der Waals surface area contributed by atoms with E-state index in [4.69, 9.17) is 16.9 Å². The highest BCUT2D eigenvalue weighted by Gasteiger charge is 2.38. The molecule has 4 aromatic rings. The van der Waals surface area contributed by atoms with Crippen LogP contribution >= 0.6 is 11.6 Å². The van der Waals surface area contributed by atoms with Crippen LogP contribution in [0.3, 0.4) is 0 Å². The lowest BCUT2D eigenvalue weighted by atomic mass is 10.2. The third-order valence-corrected chi connectivity index (χ3v) is 6.59. The lowest BCUT2D eigenvalue weighted by Gasteiger charge is -2.13. The molecule has 0 bridgehead atoms. The van der Waals surface area contributed by atoms with Gasteiger partial charge in [-0.25, -0.2) is 9.97 Å². The summed E-state index contributed by atoms with van der Waals surface area (Å²) in [6, 6.07) is 6.31. The van der Waals surface area contributed by atoms with E-state index in [1.165, 1.54) is 35.1 Å². The summed E-state index contributed by atoms with van der Waals surface area (Å²) in [5.41, 5.74) is -0.499. The summed E-state index contributed by atoms with van der Waals surface area (Å²) in [6.45, 7) is 0.955. The minimum Gasteiger partial charge on any atom is -0.351 e. The quantitative estimate of drug-likeness (QED) is 0.246. The minimum absolute atomic E-state index is 0.0329. The lowest BCUT2D eigenvalue weighted by molar-refractivity contribution is -0.141. The molecule has 2 amide bonds. The molecule has 212 valence electrons. The molecule has 16 heteroatoms. The van der Waals surface area contributed by atoms with Crippen LogP contribution in [0.5, 0.6) is 0 Å². The summed E-state index contributed by atoms with van der Waals surface area (Å²) < 4.78 is 43.4. The van der Waals surface area contributed by atoms with Gasteiger partial charge in [-0.05, 0) is 31.2 Å². The Kier molecular flexibility index (Phi) is 7.77. The number of carbonyl (C=O) groups excluding carboxylic acids is 2. The van der Waals surface area contributed by atoms with Gasteiger partial charge in [-0.2, -0.15) is 23.5 Å². The first-order valence-corrected chi connectivity index (χ1v) is 12.7. The number of halogens is 4. The van der Waals surface area contributed by atoms with Gasteiger partial charge in [0.25, 0.3) is 5.91 Å². The first kappa shape index (κ1) is 27.9. The maximum atomic E-state index is 13.7. The Hall–Kier alpha value is -4.68. The van der Waals surface area contributed by atoms with Crippen LogP contribution in [0.25, 0.3) is 16.9 Å². The molecule has 12 nitrogen and oxygen atoms in total. The van der Waals surface area contributed by atoms with Crippen LogP contribution in [0.2, 0.25) is 5.02 Å². The van der Waals surface area contributed by atoms with Gasteiger partial charge in [-0.3, -0.25) is 18.7 Å². The van der Waals surface area contributed by atoms with E-state index in [-0.39, 0.29) is 58.3 Å². The van der Waals surface area contributed by atoms with Gasteiger partial charge in [-0.1, -0.05) is 11.6 Å². The van der Waals surface area contributed by atoms with Gasteiger partial charge in [-0.15, -0.1) is 0 Å². The molecule has 1 aliphatic heterocycles. The number of nitrogens with zero attached hydrogens (tertiary/aromatic N) is 6. The Balaban J connectivity index is 1.33. The van der Waals surface area contributed by atoms with Gasteiger partial charge in [0.15, 0.2) is 17.2 Å². The zero-order valence-corrected chi connectivity index (χ0v) is 21.9. The minimum atomic E-state index is -4.75. The van der Waals surface area contributed by atoms with Gasteiger partial charge in [0, 0.05) is 36.9 Å². The second-order valence-corrected chi connectivity index (χ2v) is 9.52. The Labute approximate surface area is 235 Å². The third kappa shape index (κ3) is 6.08. The number of alkyl halides is 3. The van der Waals surface area contributed by atoms with Crippen molar-refractivity contribution in [2.75, 3.05) is 25.0 Å². The molecule has 0 unspecified atom stereocenters. The fraction of sp³-hybridized carbons (Fsp3) is 0.280. The van der Waals surface area contributed by atoms with Crippen molar-refractivity contribution in [2.45, 2.75) is 25.2 Å². The summed E-state index contributed by atoms with van der Waals surface area (Å²) in [5.74, 6) is -0.626. The first-order valence-electron chi connectivity index (χ1n) is 12.3. The summed E-state index contributed by atoms with van der Waals surface area (Å²) >= 11 is 6.34. The van der Waals surface area contributed by atoms with Gasteiger partial charge in [0.1, 0.15) is 6.54 Å². The molecule has 5 rings (SSSR count). The number of imidazole rings is 1. The number of nitriles is 1. The summed E-state index contributed by atoms with van der Waals surface area (Å²) in [4.78, 5) is 33.2. The van der Waals surface area contributed by atoms with E-state index in [9.17, 15) is 22.8 Å². The van der Waals surface area contributed by atoms with Crippen molar-refractivity contribution < 1.29 is 22.8 Å². The van der Waals surface area contributed by atoms with Crippen LogP contribution in [0.15, 0.2) is 43.0 Å². The molecule has 1 fully saturated rings. The van der Waals surface area contributed by atoms with E-state index in [2.05, 4.69) is 36.3 Å². The molecule has 1 aromatic carbocycles. The number of carbonyl (C=O) groups is 2. The van der Waals surface area contributed by atoms with Crippen molar-refractivity contribution in [1.29, 1.82) is 5.26 Å². The number of hydrogen-bond donors (Lipinski definition) is 4. The number of nitrogens with one attached hydrogen (secondary N) is 4. The van der Waals surface area contributed by atoms with Crippen LogP contribution in [-0.4, -0.2) is 61.6 Å². The molecule has 3 aromatic heterocycles. The molecule has 41 heavy (non-hydrogen) atoms. The molecule has 0 radical (unpaired) electrons. The van der Waals surface area contributed by atoms with Crippen molar-refractivity contribution in [1.82, 2.24) is 40.1 Å². The molecular formula is C25H22ClF3N10O2. The highest BCUT2D eigenvalue weighted by Crippen LogP contribution is 2.37. The standard InChI is InChI=1S/C25H22ClF3N10O2/c26-18-9-14(1-2-16(18)24(41)34-12-20(40)35-15-3-5-31-10-15)36-22-23-33-11-19(39(23)8-6-32-22)17-13-38(7-4-30)37-21(17)25(27,28)29/h1-2,6,8-9,11,13,15,31H,3,5,7,10,12H2,(H,32,36)(H,34,41)(H,35,40)/t15-/m0/s1. The normalized spacial score (nSPS) is 15.0. The predicted octanol–water partition coefficient (Wildman–Crippen LogP) is 2.74. The Bertz CT molecular complexity index is 1650. The van der Waals surface area contributed by atoms with Gasteiger partial charge in [0.2, 0.25) is 5.91 Å². The lowest BCUT2D eigenvalue weighted by Crippen LogP contribution is -2.42. The average molecular weight is 587 g/mol. The second-order valence-electron chi connectivity index (χ2n) is 9.12. The fourth-order valence-electron chi connectivity index (χ4n) is 4.40. The number of aromatic nitrogens is 5. The van der Waals surface area contributed by atoms with E-state index >= 15 is 0 Å². The topological polar surface area (TPSA) is 154 Å². The van der Waals surface area contributed by atoms with Gasteiger partial charge < -0.3 is 21.3 Å². The predicted molar refractivity (Wildman–Crippen MR) is 141 cm³/mol. The molecule has 0 aliphatic carbocycles. The smallest absolute Gasteiger partial charge is 0.351 e. The number of rotatable bonds is 8. The van der Waals surface area contributed by atoms with Gasteiger partial charge >= 0.3 is 6.18 Å². The van der Waals surface area contributed by atoms with E-state index in [0.29, 0.717) is 12.2 Å². The van der Waals surface area contributed by atoms with Crippen molar-refractivity contribution in [3.05, 3.63) is 59.3 Å². The van der Waals surface area contributed by atoms with Crippen LogP contribution < -0.4 is 21.3 Å². The Morgan fingerprint density at radius 3 is 2.80 bits per heavy atom. The SMILES string of the molecule is N#CCn1cc(-c2cnc3c(Nc4ccc(C(=O)NCC(=O)N[C@H]5CCNC5)c(Cl)c4)nccn23)c(C(F)(F)F)n1. The number of benzene rings is 1. The van der Waals surface area contributed by atoms with Crippen LogP contribution in [-0.2, 0) is 17.5 Å². The number of fused-ring (bicyclic) bond motifs is 1. The molecular weight excluding hydrogens is 565 g/mol. The molecule has 1 saturated heterocycles. The monoisotopic (exact) mass is 586 g/mol. The number of amides is 2. The molecule has 4 heterocycles. The van der Waals surface area contributed by atoms with E-state index in [0.717, 1.165) is 23.8 Å². The highest BCUT2D eigenvalue weighted by molar-refractivity contribution is 6.34. The molecule has 0 spiro atoms. The maximum Gasteiger partial charge on any atom is 0.435 e. The van der Waals surface area contributed by atoms with E-state index in [1.54, 1.807) is 12.1 Å². The molecule has 1 atom stereocenters. The van der Waals surface area contributed by atoms with Gasteiger partial charge in [0.05, 0.1) is 40.7 Å². The van der Waals surface area contributed by atoms with Crippen LogP contribution in [0, 0.1) is 11.3 Å². The molecule has 1 aliphatic rings. The average Bonchev–Trinajstić information content (AvgIpc) is 3.67. The summed E-state index contributed by atoms with van der Waals surface area (Å²) in [5, 5.41) is 24.0. The molecule has 4 N–H and O–H groups in total. The third-order valence-electron chi connectivity index (χ3n) is 6.28. The zero-order valence-electron chi connectivity index (χ0n) is 21.2. The molecule has 0 saturated carbocycles. The maximum absolute atomic E-state index is 13.7. The van der Waals surface area contributed by atoms with Crippen molar-refractivity contribution >= 4 is 40.6 Å². The van der Waals surface area contributed by atoms with E-state index in [1.807, 2.05) is 0 Å². The Morgan fingerprint density at radius 2 is 2.10 bits per heavy atom. The van der Waals surface area contributed by atoms with Crippen molar-refractivity contribution in [3.8, 4) is 17.3 Å². The largest absolute Gasteiger partial charge is 0.435 e. The zero-order chi connectivity index (χ0) is 29.1. The van der Waals surface area contributed by atoms with Crippen molar-refractivity contribution in [3.63, 3.8) is 0 Å².